The molecule has 0 aliphatic rings. The number of hydrogen-bond acceptors (Lipinski definition) is 4. The van der Waals surface area contributed by atoms with E-state index < -0.39 is 8.60 Å². The van der Waals surface area contributed by atoms with Crippen molar-refractivity contribution in [1.29, 1.82) is 0 Å². The highest BCUT2D eigenvalue weighted by atomic mass is 31.2. The summed E-state index contributed by atoms with van der Waals surface area (Å²) in [5, 5.41) is 1.75. The topological polar surface area (TPSA) is 41.9 Å². The molecule has 0 aliphatic heterocycles. The van der Waals surface area contributed by atoms with E-state index >= 15 is 0 Å². The number of rotatable bonds is 7. The molecule has 1 atom stereocenters. The Morgan fingerprint density at radius 1 is 1.11 bits per heavy atom. The van der Waals surface area contributed by atoms with E-state index in [0.717, 1.165) is 5.56 Å². The third kappa shape index (κ3) is 5.42. The van der Waals surface area contributed by atoms with Crippen molar-refractivity contribution in [3.63, 3.8) is 0 Å². The summed E-state index contributed by atoms with van der Waals surface area (Å²) in [6, 6.07) is 10.1. The fourth-order valence-corrected chi connectivity index (χ4v) is 2.44. The Bertz CT molecular complexity index is 324. The van der Waals surface area contributed by atoms with Gasteiger partial charge in [-0.25, -0.2) is 4.62 Å². The number of benzene rings is 1. The second-order valence-electron chi connectivity index (χ2n) is 4.63. The zero-order chi connectivity index (χ0) is 13.5. The minimum Gasteiger partial charge on any atom is -0.327 e. The quantitative estimate of drug-likeness (QED) is 0.609. The number of hydroxylamine groups is 2. The Labute approximate surface area is 110 Å². The minimum atomic E-state index is -1.88. The van der Waals surface area contributed by atoms with E-state index in [1.807, 2.05) is 58.0 Å². The predicted octanol–water partition coefficient (Wildman–Crippen LogP) is 3.47. The zero-order valence-corrected chi connectivity index (χ0v) is 12.3. The number of hydrogen-bond donors (Lipinski definition) is 1. The SMILES string of the molecule is CC(C)N(OP(O)OCc1ccccc1)C(C)C. The van der Waals surface area contributed by atoms with Crippen LogP contribution in [0.3, 0.4) is 0 Å². The van der Waals surface area contributed by atoms with Crippen molar-refractivity contribution in [2.75, 3.05) is 0 Å². The largest absolute Gasteiger partial charge is 0.348 e. The molecule has 0 radical (unpaired) electrons. The van der Waals surface area contributed by atoms with Gasteiger partial charge in [-0.05, 0) is 33.3 Å². The van der Waals surface area contributed by atoms with Gasteiger partial charge in [0.1, 0.15) is 0 Å². The van der Waals surface area contributed by atoms with Crippen LogP contribution in [0.1, 0.15) is 33.3 Å². The highest BCUT2D eigenvalue weighted by molar-refractivity contribution is 7.40. The van der Waals surface area contributed by atoms with E-state index in [2.05, 4.69) is 0 Å². The standard InChI is InChI=1S/C13H22NO3P/c1-11(2)14(12(3)4)17-18(15)16-10-13-8-6-5-7-9-13/h5-9,11-12,15H,10H2,1-4H3. The van der Waals surface area contributed by atoms with Gasteiger partial charge in [-0.1, -0.05) is 30.3 Å². The van der Waals surface area contributed by atoms with Gasteiger partial charge in [0.25, 0.3) is 0 Å². The maximum absolute atomic E-state index is 9.76. The summed E-state index contributed by atoms with van der Waals surface area (Å²) in [5.41, 5.74) is 1.02. The highest BCUT2D eigenvalue weighted by Crippen LogP contribution is 2.36. The molecule has 102 valence electrons. The molecule has 5 heteroatoms. The van der Waals surface area contributed by atoms with Crippen LogP contribution in [-0.4, -0.2) is 22.0 Å². The van der Waals surface area contributed by atoms with Gasteiger partial charge in [-0.3, -0.25) is 0 Å². The lowest BCUT2D eigenvalue weighted by Gasteiger charge is -2.29. The average molecular weight is 271 g/mol. The van der Waals surface area contributed by atoms with Crippen molar-refractivity contribution < 1.29 is 14.0 Å². The fraction of sp³-hybridized carbons (Fsp3) is 0.538. The Morgan fingerprint density at radius 3 is 2.17 bits per heavy atom. The summed E-state index contributed by atoms with van der Waals surface area (Å²) in [5.74, 6) is 0. The molecule has 0 fully saturated rings. The van der Waals surface area contributed by atoms with Crippen molar-refractivity contribution in [1.82, 2.24) is 5.06 Å². The van der Waals surface area contributed by atoms with Crippen molar-refractivity contribution >= 4 is 8.60 Å². The third-order valence-corrected chi connectivity index (χ3v) is 3.04. The van der Waals surface area contributed by atoms with E-state index in [-0.39, 0.29) is 12.1 Å². The van der Waals surface area contributed by atoms with Crippen LogP contribution in [0.4, 0.5) is 0 Å². The first-order valence-corrected chi connectivity index (χ1v) is 7.26. The van der Waals surface area contributed by atoms with Crippen molar-refractivity contribution in [3.05, 3.63) is 35.9 Å². The molecule has 0 heterocycles. The van der Waals surface area contributed by atoms with Crippen LogP contribution in [0.5, 0.6) is 0 Å². The van der Waals surface area contributed by atoms with Gasteiger partial charge in [-0.2, -0.15) is 5.06 Å². The van der Waals surface area contributed by atoms with E-state index in [0.29, 0.717) is 6.61 Å². The van der Waals surface area contributed by atoms with E-state index in [1.165, 1.54) is 0 Å². The second kappa shape index (κ2) is 7.82. The summed E-state index contributed by atoms with van der Waals surface area (Å²) < 4.78 is 10.7. The summed E-state index contributed by atoms with van der Waals surface area (Å²) in [6.45, 7) is 8.41. The van der Waals surface area contributed by atoms with E-state index in [9.17, 15) is 4.89 Å². The molecule has 0 aliphatic carbocycles. The summed E-state index contributed by atoms with van der Waals surface area (Å²) in [6.07, 6.45) is 0. The second-order valence-corrected chi connectivity index (χ2v) is 5.52. The maximum Gasteiger partial charge on any atom is 0.348 e. The van der Waals surface area contributed by atoms with Gasteiger partial charge in [0, 0.05) is 12.1 Å². The molecule has 1 aromatic carbocycles. The molecule has 0 bridgehead atoms. The molecule has 18 heavy (non-hydrogen) atoms. The molecule has 0 saturated carbocycles. The van der Waals surface area contributed by atoms with Gasteiger partial charge in [0.05, 0.1) is 6.61 Å². The van der Waals surface area contributed by atoms with Crippen molar-refractivity contribution in [2.45, 2.75) is 46.4 Å². The van der Waals surface area contributed by atoms with Gasteiger partial charge < -0.3 is 9.42 Å². The maximum atomic E-state index is 9.76. The predicted molar refractivity (Wildman–Crippen MR) is 73.6 cm³/mol. The lowest BCUT2D eigenvalue weighted by Crippen LogP contribution is -2.35. The van der Waals surface area contributed by atoms with Crippen molar-refractivity contribution in [2.24, 2.45) is 0 Å². The Hall–Kier alpha value is -0.510. The monoisotopic (exact) mass is 271 g/mol. The van der Waals surface area contributed by atoms with Crippen LogP contribution >= 0.6 is 8.60 Å². The molecule has 1 rings (SSSR count). The van der Waals surface area contributed by atoms with Crippen LogP contribution in [0.15, 0.2) is 30.3 Å². The average Bonchev–Trinajstić information content (AvgIpc) is 2.34. The first-order chi connectivity index (χ1) is 8.50. The Morgan fingerprint density at radius 2 is 1.67 bits per heavy atom. The first kappa shape index (κ1) is 15.5. The first-order valence-electron chi connectivity index (χ1n) is 6.13. The normalized spacial score (nSPS) is 13.6. The Kier molecular flexibility index (Phi) is 6.76. The highest BCUT2D eigenvalue weighted by Gasteiger charge is 2.20. The molecule has 1 unspecified atom stereocenters. The minimum absolute atomic E-state index is 0.197. The van der Waals surface area contributed by atoms with Crippen LogP contribution in [-0.2, 0) is 15.8 Å². The third-order valence-electron chi connectivity index (χ3n) is 2.37. The molecule has 0 spiro atoms. The summed E-state index contributed by atoms with van der Waals surface area (Å²) in [7, 11) is -1.88. The lowest BCUT2D eigenvalue weighted by atomic mass is 10.2. The fourth-order valence-electron chi connectivity index (χ4n) is 1.59. The molecule has 4 nitrogen and oxygen atoms in total. The van der Waals surface area contributed by atoms with Gasteiger partial charge >= 0.3 is 8.60 Å². The van der Waals surface area contributed by atoms with Crippen LogP contribution in [0.25, 0.3) is 0 Å². The molecular weight excluding hydrogens is 249 g/mol. The van der Waals surface area contributed by atoms with Gasteiger partial charge in [-0.15, -0.1) is 0 Å². The summed E-state index contributed by atoms with van der Waals surface area (Å²) in [4.78, 5) is 9.76. The molecule has 0 saturated heterocycles. The molecule has 1 aromatic rings. The van der Waals surface area contributed by atoms with Crippen molar-refractivity contribution in [3.8, 4) is 0 Å². The van der Waals surface area contributed by atoms with Crippen LogP contribution in [0, 0.1) is 0 Å². The smallest absolute Gasteiger partial charge is 0.327 e. The molecule has 0 amide bonds. The Balaban J connectivity index is 2.39. The summed E-state index contributed by atoms with van der Waals surface area (Å²) >= 11 is 0. The van der Waals surface area contributed by atoms with Gasteiger partial charge in [0.15, 0.2) is 0 Å². The van der Waals surface area contributed by atoms with E-state index in [1.54, 1.807) is 5.06 Å². The van der Waals surface area contributed by atoms with E-state index in [4.69, 9.17) is 9.15 Å². The zero-order valence-electron chi connectivity index (χ0n) is 11.4. The van der Waals surface area contributed by atoms with Gasteiger partial charge in [0.2, 0.25) is 0 Å². The van der Waals surface area contributed by atoms with Crippen LogP contribution < -0.4 is 0 Å². The van der Waals surface area contributed by atoms with Crippen LogP contribution in [0.2, 0.25) is 0 Å². The molecule has 0 aromatic heterocycles. The molecule has 1 N–H and O–H groups in total. The molecular formula is C13H22NO3P. The number of nitrogens with zero attached hydrogens (tertiary/aromatic N) is 1. The lowest BCUT2D eigenvalue weighted by molar-refractivity contribution is -0.122.